The quantitative estimate of drug-likeness (QED) is 0.754. The number of nitrogens with zero attached hydrogens (tertiary/aromatic N) is 1. The van der Waals surface area contributed by atoms with E-state index in [0.29, 0.717) is 17.1 Å². The van der Waals surface area contributed by atoms with Gasteiger partial charge in [0.2, 0.25) is 5.91 Å². The fourth-order valence-electron chi connectivity index (χ4n) is 2.06. The summed E-state index contributed by atoms with van der Waals surface area (Å²) in [5, 5.41) is 2.45. The second kappa shape index (κ2) is 5.79. The second-order valence-corrected chi connectivity index (χ2v) is 4.38. The number of amides is 3. The van der Waals surface area contributed by atoms with Gasteiger partial charge < -0.3 is 20.5 Å². The Hall–Kier alpha value is -2.28. The zero-order valence-electron chi connectivity index (χ0n) is 11.4. The van der Waals surface area contributed by atoms with Crippen molar-refractivity contribution in [2.45, 2.75) is 6.04 Å². The summed E-state index contributed by atoms with van der Waals surface area (Å²) in [4.78, 5) is 24.1. The summed E-state index contributed by atoms with van der Waals surface area (Å²) in [7, 11) is 3.08. The van der Waals surface area contributed by atoms with Crippen LogP contribution in [0.3, 0.4) is 0 Å². The molecule has 1 saturated heterocycles. The molecule has 1 atom stereocenters. The highest BCUT2D eigenvalue weighted by Crippen LogP contribution is 2.29. The van der Waals surface area contributed by atoms with Crippen molar-refractivity contribution in [1.82, 2.24) is 10.2 Å². The SMILES string of the molecule is COc1ccc(C(N)CN2C(=O)CNC2=O)c(OC)c1. The van der Waals surface area contributed by atoms with Crippen LogP contribution in [-0.4, -0.2) is 44.1 Å². The number of urea groups is 1. The number of hydrogen-bond acceptors (Lipinski definition) is 5. The van der Waals surface area contributed by atoms with Crippen LogP contribution in [0.1, 0.15) is 11.6 Å². The maximum atomic E-state index is 11.5. The zero-order valence-corrected chi connectivity index (χ0v) is 11.4. The van der Waals surface area contributed by atoms with Crippen molar-refractivity contribution in [2.75, 3.05) is 27.3 Å². The third kappa shape index (κ3) is 2.67. The second-order valence-electron chi connectivity index (χ2n) is 4.38. The Morgan fingerprint density at radius 3 is 2.65 bits per heavy atom. The third-order valence-electron chi connectivity index (χ3n) is 3.16. The van der Waals surface area contributed by atoms with Crippen LogP contribution in [-0.2, 0) is 4.79 Å². The number of rotatable bonds is 5. The molecule has 7 nitrogen and oxygen atoms in total. The van der Waals surface area contributed by atoms with Gasteiger partial charge in [0.05, 0.1) is 26.8 Å². The van der Waals surface area contributed by atoms with Crippen molar-refractivity contribution in [2.24, 2.45) is 5.73 Å². The van der Waals surface area contributed by atoms with Crippen molar-refractivity contribution in [3.05, 3.63) is 23.8 Å². The van der Waals surface area contributed by atoms with Crippen LogP contribution < -0.4 is 20.5 Å². The normalized spacial score (nSPS) is 16.1. The molecule has 0 bridgehead atoms. The lowest BCUT2D eigenvalue weighted by atomic mass is 10.1. The molecule has 1 fully saturated rings. The van der Waals surface area contributed by atoms with Gasteiger partial charge in [0.15, 0.2) is 0 Å². The van der Waals surface area contributed by atoms with Crippen LogP contribution in [0.15, 0.2) is 18.2 Å². The number of nitrogens with two attached hydrogens (primary N) is 1. The van der Waals surface area contributed by atoms with Gasteiger partial charge in [-0.2, -0.15) is 0 Å². The van der Waals surface area contributed by atoms with Gasteiger partial charge in [-0.15, -0.1) is 0 Å². The summed E-state index contributed by atoms with van der Waals surface area (Å²) in [6.07, 6.45) is 0. The average Bonchev–Trinajstić information content (AvgIpc) is 2.78. The molecule has 1 aromatic rings. The Morgan fingerprint density at radius 1 is 1.35 bits per heavy atom. The van der Waals surface area contributed by atoms with Crippen molar-refractivity contribution < 1.29 is 19.1 Å². The number of nitrogens with one attached hydrogen (secondary N) is 1. The third-order valence-corrected chi connectivity index (χ3v) is 3.16. The van der Waals surface area contributed by atoms with Crippen LogP contribution in [0, 0.1) is 0 Å². The number of benzene rings is 1. The number of hydrogen-bond donors (Lipinski definition) is 2. The Balaban J connectivity index is 2.18. The van der Waals surface area contributed by atoms with E-state index in [9.17, 15) is 9.59 Å². The van der Waals surface area contributed by atoms with Crippen molar-refractivity contribution >= 4 is 11.9 Å². The molecule has 0 radical (unpaired) electrons. The number of ether oxygens (including phenoxy) is 2. The molecular formula is C13H17N3O4. The molecule has 3 N–H and O–H groups in total. The summed E-state index contributed by atoms with van der Waals surface area (Å²) in [6.45, 7) is 0.124. The van der Waals surface area contributed by atoms with E-state index < -0.39 is 12.1 Å². The number of methoxy groups -OCH3 is 2. The van der Waals surface area contributed by atoms with E-state index in [-0.39, 0.29) is 19.0 Å². The van der Waals surface area contributed by atoms with E-state index in [0.717, 1.165) is 4.90 Å². The summed E-state index contributed by atoms with van der Waals surface area (Å²) in [5.74, 6) is 0.926. The highest BCUT2D eigenvalue weighted by Gasteiger charge is 2.30. The van der Waals surface area contributed by atoms with E-state index in [1.165, 1.54) is 7.11 Å². The molecular weight excluding hydrogens is 262 g/mol. The molecule has 1 heterocycles. The number of carbonyl (C=O) groups is 2. The molecule has 20 heavy (non-hydrogen) atoms. The Morgan fingerprint density at radius 2 is 2.10 bits per heavy atom. The van der Waals surface area contributed by atoms with Crippen LogP contribution in [0.2, 0.25) is 0 Å². The van der Waals surface area contributed by atoms with Crippen LogP contribution in [0.5, 0.6) is 11.5 Å². The number of imide groups is 1. The van der Waals surface area contributed by atoms with Crippen molar-refractivity contribution in [1.29, 1.82) is 0 Å². The topological polar surface area (TPSA) is 93.9 Å². The largest absolute Gasteiger partial charge is 0.497 e. The molecule has 0 aliphatic carbocycles. The predicted octanol–water partition coefficient (Wildman–Crippen LogP) is 0.255. The van der Waals surface area contributed by atoms with E-state index in [1.54, 1.807) is 25.3 Å². The minimum atomic E-state index is -0.524. The fraction of sp³-hybridized carbons (Fsp3) is 0.385. The van der Waals surface area contributed by atoms with Gasteiger partial charge in [0, 0.05) is 18.2 Å². The molecule has 1 unspecified atom stereocenters. The zero-order chi connectivity index (χ0) is 14.7. The summed E-state index contributed by atoms with van der Waals surface area (Å²) < 4.78 is 10.4. The average molecular weight is 279 g/mol. The molecule has 3 amide bonds. The molecule has 7 heteroatoms. The van der Waals surface area contributed by atoms with Crippen LogP contribution in [0.25, 0.3) is 0 Å². The van der Waals surface area contributed by atoms with Gasteiger partial charge in [-0.3, -0.25) is 9.69 Å². The molecule has 1 aromatic carbocycles. The first kappa shape index (κ1) is 14.1. The fourth-order valence-corrected chi connectivity index (χ4v) is 2.06. The van der Waals surface area contributed by atoms with Gasteiger partial charge in [0.1, 0.15) is 11.5 Å². The van der Waals surface area contributed by atoms with Gasteiger partial charge in [0.25, 0.3) is 0 Å². The van der Waals surface area contributed by atoms with Crippen molar-refractivity contribution in [3.63, 3.8) is 0 Å². The Bertz CT molecular complexity index is 516. The minimum absolute atomic E-state index is 0.0191. The maximum Gasteiger partial charge on any atom is 0.324 e. The van der Waals surface area contributed by atoms with Crippen LogP contribution >= 0.6 is 0 Å². The van der Waals surface area contributed by atoms with E-state index >= 15 is 0 Å². The highest BCUT2D eigenvalue weighted by atomic mass is 16.5. The smallest absolute Gasteiger partial charge is 0.324 e. The monoisotopic (exact) mass is 279 g/mol. The van der Waals surface area contributed by atoms with Gasteiger partial charge in [-0.25, -0.2) is 4.79 Å². The number of carbonyl (C=O) groups excluding carboxylic acids is 2. The predicted molar refractivity (Wildman–Crippen MR) is 71.6 cm³/mol. The Labute approximate surface area is 116 Å². The van der Waals surface area contributed by atoms with Gasteiger partial charge >= 0.3 is 6.03 Å². The maximum absolute atomic E-state index is 11.5. The van der Waals surface area contributed by atoms with Gasteiger partial charge in [-0.1, -0.05) is 6.07 Å². The molecule has 2 rings (SSSR count). The first-order chi connectivity index (χ1) is 9.56. The first-order valence-electron chi connectivity index (χ1n) is 6.12. The van der Waals surface area contributed by atoms with Crippen molar-refractivity contribution in [3.8, 4) is 11.5 Å². The van der Waals surface area contributed by atoms with Gasteiger partial charge in [-0.05, 0) is 6.07 Å². The lowest BCUT2D eigenvalue weighted by Gasteiger charge is -2.20. The molecule has 0 spiro atoms. The first-order valence-corrected chi connectivity index (χ1v) is 6.12. The summed E-state index contributed by atoms with van der Waals surface area (Å²) in [5.41, 5.74) is 6.78. The molecule has 108 valence electrons. The molecule has 0 aromatic heterocycles. The summed E-state index contributed by atoms with van der Waals surface area (Å²) in [6, 6.07) is 4.28. The lowest BCUT2D eigenvalue weighted by Crippen LogP contribution is -2.37. The lowest BCUT2D eigenvalue weighted by molar-refractivity contribution is -0.125. The summed E-state index contributed by atoms with van der Waals surface area (Å²) >= 11 is 0. The van der Waals surface area contributed by atoms with E-state index in [4.69, 9.17) is 15.2 Å². The molecule has 0 saturated carbocycles. The van der Waals surface area contributed by atoms with E-state index in [2.05, 4.69) is 5.32 Å². The minimum Gasteiger partial charge on any atom is -0.497 e. The molecule has 1 aliphatic heterocycles. The molecule has 1 aliphatic rings. The Kier molecular flexibility index (Phi) is 4.09. The van der Waals surface area contributed by atoms with E-state index in [1.807, 2.05) is 0 Å². The highest BCUT2D eigenvalue weighted by molar-refractivity contribution is 6.01. The standard InChI is InChI=1S/C13H17N3O4/c1-19-8-3-4-9(11(5-8)20-2)10(14)7-16-12(17)6-15-13(16)18/h3-5,10H,6-7,14H2,1-2H3,(H,15,18). The van der Waals surface area contributed by atoms with Crippen LogP contribution in [0.4, 0.5) is 4.79 Å².